The Bertz CT molecular complexity index is 1110. The molecule has 0 fully saturated rings. The first-order valence-electron chi connectivity index (χ1n) is 7.78. The number of rotatable bonds is 4. The van der Waals surface area contributed by atoms with Crippen molar-refractivity contribution in [2.24, 2.45) is 5.10 Å². The lowest BCUT2D eigenvalue weighted by molar-refractivity contribution is -0.384. The second-order valence-corrected chi connectivity index (χ2v) is 5.56. The number of nitrogens with one attached hydrogen (secondary N) is 2. The zero-order chi connectivity index (χ0) is 20.3. The Kier molecular flexibility index (Phi) is 4.82. The van der Waals surface area contributed by atoms with Gasteiger partial charge in [0.25, 0.3) is 17.5 Å². The first kappa shape index (κ1) is 18.3. The SMILES string of the molecule is N#CC(C(=O)NN=Cc1ccc([N+](=O)[O-])cc1O)=C1C(=O)Nc2ccccc21. The summed E-state index contributed by atoms with van der Waals surface area (Å²) in [7, 11) is 0. The summed E-state index contributed by atoms with van der Waals surface area (Å²) in [6, 6.07) is 11.7. The quantitative estimate of drug-likeness (QED) is 0.242. The average Bonchev–Trinajstić information content (AvgIpc) is 2.99. The number of carbonyl (C=O) groups is 2. The summed E-state index contributed by atoms with van der Waals surface area (Å²) in [5.74, 6) is -1.90. The van der Waals surface area contributed by atoms with Crippen LogP contribution in [-0.2, 0) is 9.59 Å². The lowest BCUT2D eigenvalue weighted by Gasteiger charge is -2.02. The van der Waals surface area contributed by atoms with Crippen molar-refractivity contribution in [2.45, 2.75) is 0 Å². The number of nitro benzene ring substituents is 1. The smallest absolute Gasteiger partial charge is 0.282 e. The molecule has 0 spiro atoms. The predicted octanol–water partition coefficient (Wildman–Crippen LogP) is 1.68. The molecular formula is C18H11N5O5. The summed E-state index contributed by atoms with van der Waals surface area (Å²) >= 11 is 0. The molecule has 0 atom stereocenters. The van der Waals surface area contributed by atoms with Crippen LogP contribution in [0.3, 0.4) is 0 Å². The number of hydrazone groups is 1. The van der Waals surface area contributed by atoms with E-state index in [0.29, 0.717) is 11.3 Å². The van der Waals surface area contributed by atoms with Crippen molar-refractivity contribution in [1.29, 1.82) is 5.26 Å². The van der Waals surface area contributed by atoms with E-state index < -0.39 is 28.1 Å². The maximum Gasteiger partial charge on any atom is 0.282 e. The van der Waals surface area contributed by atoms with Gasteiger partial charge in [-0.05, 0) is 12.1 Å². The topological polar surface area (TPSA) is 158 Å². The maximum atomic E-state index is 12.3. The molecule has 10 heteroatoms. The fourth-order valence-electron chi connectivity index (χ4n) is 2.56. The van der Waals surface area contributed by atoms with Crippen molar-refractivity contribution in [2.75, 3.05) is 5.32 Å². The van der Waals surface area contributed by atoms with Gasteiger partial charge < -0.3 is 10.4 Å². The Balaban J connectivity index is 1.83. The van der Waals surface area contributed by atoms with Crippen molar-refractivity contribution in [3.8, 4) is 11.8 Å². The number of aromatic hydroxyl groups is 1. The van der Waals surface area contributed by atoms with Gasteiger partial charge in [0.2, 0.25) is 0 Å². The molecule has 1 heterocycles. The molecule has 3 N–H and O–H groups in total. The Morgan fingerprint density at radius 1 is 1.32 bits per heavy atom. The van der Waals surface area contributed by atoms with Crippen LogP contribution in [0.2, 0.25) is 0 Å². The highest BCUT2D eigenvalue weighted by Gasteiger charge is 2.30. The van der Waals surface area contributed by atoms with Crippen LogP contribution in [0.4, 0.5) is 11.4 Å². The molecule has 28 heavy (non-hydrogen) atoms. The number of benzene rings is 2. The van der Waals surface area contributed by atoms with Crippen molar-refractivity contribution < 1.29 is 19.6 Å². The van der Waals surface area contributed by atoms with E-state index in [4.69, 9.17) is 0 Å². The fraction of sp³-hybridized carbons (Fsp3) is 0. The normalized spacial score (nSPS) is 14.2. The molecule has 0 unspecified atom stereocenters. The average molecular weight is 377 g/mol. The van der Waals surface area contributed by atoms with E-state index in [1.54, 1.807) is 30.3 Å². The Labute approximate surface area is 157 Å². The zero-order valence-electron chi connectivity index (χ0n) is 14.0. The monoisotopic (exact) mass is 377 g/mol. The molecule has 2 aromatic carbocycles. The highest BCUT2D eigenvalue weighted by Crippen LogP contribution is 2.33. The minimum Gasteiger partial charge on any atom is -0.507 e. The van der Waals surface area contributed by atoms with Gasteiger partial charge in [0.15, 0.2) is 0 Å². The lowest BCUT2D eigenvalue weighted by atomic mass is 10.0. The third-order valence-corrected chi connectivity index (χ3v) is 3.86. The lowest BCUT2D eigenvalue weighted by Crippen LogP contribution is -2.21. The number of para-hydroxylation sites is 1. The number of anilines is 1. The van der Waals surface area contributed by atoms with E-state index in [1.165, 1.54) is 6.07 Å². The molecule has 138 valence electrons. The third-order valence-electron chi connectivity index (χ3n) is 3.86. The molecule has 0 radical (unpaired) electrons. The number of nitrogens with zero attached hydrogens (tertiary/aromatic N) is 3. The van der Waals surface area contributed by atoms with Gasteiger partial charge in [-0.15, -0.1) is 0 Å². The van der Waals surface area contributed by atoms with E-state index in [1.807, 2.05) is 0 Å². The van der Waals surface area contributed by atoms with Gasteiger partial charge in [0.1, 0.15) is 17.4 Å². The van der Waals surface area contributed by atoms with Gasteiger partial charge in [-0.2, -0.15) is 10.4 Å². The maximum absolute atomic E-state index is 12.3. The number of fused-ring (bicyclic) bond motifs is 1. The highest BCUT2D eigenvalue weighted by molar-refractivity contribution is 6.36. The molecule has 0 saturated heterocycles. The van der Waals surface area contributed by atoms with Crippen LogP contribution in [-0.4, -0.2) is 28.1 Å². The highest BCUT2D eigenvalue weighted by atomic mass is 16.6. The number of carbonyl (C=O) groups excluding carboxylic acids is 2. The van der Waals surface area contributed by atoms with Gasteiger partial charge in [0, 0.05) is 22.9 Å². The number of nitriles is 1. The molecule has 0 bridgehead atoms. The summed E-state index contributed by atoms with van der Waals surface area (Å²) in [6.07, 6.45) is 1.05. The molecule has 0 aromatic heterocycles. The van der Waals surface area contributed by atoms with Crippen LogP contribution in [0.25, 0.3) is 5.57 Å². The molecule has 3 rings (SSSR count). The Hall–Kier alpha value is -4.52. The largest absolute Gasteiger partial charge is 0.507 e. The van der Waals surface area contributed by atoms with Crippen LogP contribution < -0.4 is 10.7 Å². The van der Waals surface area contributed by atoms with E-state index in [0.717, 1.165) is 18.3 Å². The molecule has 2 aromatic rings. The zero-order valence-corrected chi connectivity index (χ0v) is 14.0. The summed E-state index contributed by atoms with van der Waals surface area (Å²) in [4.78, 5) is 34.4. The van der Waals surface area contributed by atoms with Crippen LogP contribution in [0.15, 0.2) is 53.1 Å². The van der Waals surface area contributed by atoms with Crippen molar-refractivity contribution >= 4 is 35.0 Å². The van der Waals surface area contributed by atoms with Crippen molar-refractivity contribution in [1.82, 2.24) is 5.43 Å². The number of nitro groups is 1. The van der Waals surface area contributed by atoms with Crippen molar-refractivity contribution in [3.63, 3.8) is 0 Å². The van der Waals surface area contributed by atoms with E-state index in [2.05, 4.69) is 15.8 Å². The Morgan fingerprint density at radius 3 is 2.75 bits per heavy atom. The molecule has 1 aliphatic heterocycles. The van der Waals surface area contributed by atoms with E-state index in [9.17, 15) is 30.1 Å². The molecule has 1 aliphatic rings. The van der Waals surface area contributed by atoms with Crippen LogP contribution in [0.1, 0.15) is 11.1 Å². The van der Waals surface area contributed by atoms with Crippen LogP contribution in [0.5, 0.6) is 5.75 Å². The Morgan fingerprint density at radius 2 is 2.07 bits per heavy atom. The molecule has 2 amide bonds. The summed E-state index contributed by atoms with van der Waals surface area (Å²) in [6.45, 7) is 0. The minimum absolute atomic E-state index is 0.0658. The van der Waals surface area contributed by atoms with Gasteiger partial charge in [-0.25, -0.2) is 5.43 Å². The summed E-state index contributed by atoms with van der Waals surface area (Å²) < 4.78 is 0. The number of non-ortho nitro benzene ring substituents is 1. The first-order chi connectivity index (χ1) is 13.4. The number of phenolic OH excluding ortho intramolecular Hbond substituents is 1. The van der Waals surface area contributed by atoms with Crippen molar-refractivity contribution in [3.05, 3.63) is 69.3 Å². The molecule has 10 nitrogen and oxygen atoms in total. The van der Waals surface area contributed by atoms with Gasteiger partial charge in [0.05, 0.1) is 22.8 Å². The second-order valence-electron chi connectivity index (χ2n) is 5.56. The van der Waals surface area contributed by atoms with Gasteiger partial charge >= 0.3 is 0 Å². The fourth-order valence-corrected chi connectivity index (χ4v) is 2.56. The summed E-state index contributed by atoms with van der Waals surface area (Å²) in [5, 5.41) is 35.9. The summed E-state index contributed by atoms with van der Waals surface area (Å²) in [5.41, 5.74) is 2.33. The van der Waals surface area contributed by atoms with Crippen LogP contribution in [0, 0.1) is 21.4 Å². The van der Waals surface area contributed by atoms with E-state index in [-0.39, 0.29) is 16.8 Å². The standard InChI is InChI=1S/C18H11N5O5/c19-8-13(16-12-3-1-2-4-14(12)21-18(16)26)17(25)22-20-9-10-5-6-11(23(27)28)7-15(10)24/h1-7,9,24H,(H,21,26)(H,22,25). The van der Waals surface area contributed by atoms with Gasteiger partial charge in [-0.3, -0.25) is 19.7 Å². The number of amides is 2. The molecular weight excluding hydrogens is 366 g/mol. The minimum atomic E-state index is -0.915. The molecule has 0 saturated carbocycles. The number of phenols is 1. The second kappa shape index (κ2) is 7.38. The first-order valence-corrected chi connectivity index (χ1v) is 7.78. The predicted molar refractivity (Wildman–Crippen MR) is 98.1 cm³/mol. The van der Waals surface area contributed by atoms with Gasteiger partial charge in [-0.1, -0.05) is 18.2 Å². The van der Waals surface area contributed by atoms with E-state index >= 15 is 0 Å². The number of hydrogen-bond acceptors (Lipinski definition) is 7. The van der Waals surface area contributed by atoms with Crippen LogP contribution >= 0.6 is 0 Å². The molecule has 0 aliphatic carbocycles. The third kappa shape index (κ3) is 3.40. The number of hydrogen-bond donors (Lipinski definition) is 3.